The van der Waals surface area contributed by atoms with Gasteiger partial charge in [0.25, 0.3) is 0 Å². The standard InChI is InChI=1S/2C17H23NO3.H2O4S.H2O/c2*1-18-13-7-8-14(18)10-15(9-13)21-17(20)16(11-19)12-5-3-2-4-6-12;1-5(2,3)4;/h2*2-6,13-16,19H,7-11H2,1H3;(H2,1,2,3,4);1H2/t13-,14+,15?,16?;13-,14-,16?;;/m.1../s1. The van der Waals surface area contributed by atoms with Crippen LogP contribution in [-0.4, -0.2) is 119 Å². The van der Waals surface area contributed by atoms with Crippen LogP contribution in [0, 0.1) is 0 Å². The third kappa shape index (κ3) is 11.0. The molecular weight excluding hydrogens is 644 g/mol. The Bertz CT molecular complexity index is 1270. The van der Waals surface area contributed by atoms with E-state index in [1.165, 1.54) is 25.7 Å². The first-order valence-corrected chi connectivity index (χ1v) is 17.6. The van der Waals surface area contributed by atoms with Gasteiger partial charge in [-0.2, -0.15) is 8.42 Å². The van der Waals surface area contributed by atoms with E-state index < -0.39 is 22.2 Å². The highest BCUT2D eigenvalue weighted by atomic mass is 32.3. The number of ether oxygens (including phenoxy) is 2. The molecule has 14 heteroatoms. The summed E-state index contributed by atoms with van der Waals surface area (Å²) in [5.74, 6) is -1.72. The van der Waals surface area contributed by atoms with E-state index in [9.17, 15) is 19.8 Å². The van der Waals surface area contributed by atoms with Gasteiger partial charge in [0, 0.05) is 24.2 Å². The first-order valence-electron chi connectivity index (χ1n) is 16.2. The highest BCUT2D eigenvalue weighted by Gasteiger charge is 2.41. The number of aliphatic hydroxyl groups excluding tert-OH is 2. The zero-order chi connectivity index (χ0) is 34.1. The Labute approximate surface area is 282 Å². The maximum absolute atomic E-state index is 12.4. The lowest BCUT2D eigenvalue weighted by Gasteiger charge is -2.36. The number of fused-ring (bicyclic) bond motifs is 4. The van der Waals surface area contributed by atoms with E-state index in [1.54, 1.807) is 0 Å². The molecule has 2 aromatic carbocycles. The number of piperidine rings is 2. The molecule has 268 valence electrons. The van der Waals surface area contributed by atoms with E-state index in [2.05, 4.69) is 23.9 Å². The molecule has 6 rings (SSSR count). The Morgan fingerprint density at radius 2 is 0.938 bits per heavy atom. The average molecular weight is 695 g/mol. The van der Waals surface area contributed by atoms with Crippen molar-refractivity contribution < 1.29 is 52.3 Å². The van der Waals surface area contributed by atoms with E-state index in [0.29, 0.717) is 24.2 Å². The third-order valence-electron chi connectivity index (χ3n) is 10.0. The lowest BCUT2D eigenvalue weighted by atomic mass is 9.98. The van der Waals surface area contributed by atoms with Crippen LogP contribution >= 0.6 is 0 Å². The number of nitrogens with zero attached hydrogens (tertiary/aromatic N) is 2. The van der Waals surface area contributed by atoms with Gasteiger partial charge in [0.15, 0.2) is 0 Å². The number of carbonyl (C=O) groups is 2. The first kappa shape index (κ1) is 39.5. The number of hydrogen-bond acceptors (Lipinski definition) is 10. The van der Waals surface area contributed by atoms with Crippen molar-refractivity contribution in [3.05, 3.63) is 71.8 Å². The predicted molar refractivity (Wildman–Crippen MR) is 178 cm³/mol. The molecule has 0 amide bonds. The number of aliphatic hydroxyl groups is 2. The maximum atomic E-state index is 12.4. The van der Waals surface area contributed by atoms with Gasteiger partial charge in [-0.15, -0.1) is 0 Å². The summed E-state index contributed by atoms with van der Waals surface area (Å²) in [5.41, 5.74) is 1.64. The molecule has 3 unspecified atom stereocenters. The van der Waals surface area contributed by atoms with Crippen LogP contribution in [0.1, 0.15) is 74.3 Å². The molecule has 4 bridgehead atoms. The van der Waals surface area contributed by atoms with Crippen LogP contribution in [0.4, 0.5) is 0 Å². The minimum atomic E-state index is -4.67. The minimum absolute atomic E-state index is 0. The Balaban J connectivity index is 0.000000225. The van der Waals surface area contributed by atoms with E-state index >= 15 is 0 Å². The predicted octanol–water partition coefficient (Wildman–Crippen LogP) is 2.38. The quantitative estimate of drug-likeness (QED) is 0.232. The second-order valence-corrected chi connectivity index (χ2v) is 13.8. The summed E-state index contributed by atoms with van der Waals surface area (Å²) in [4.78, 5) is 29.6. The molecule has 48 heavy (non-hydrogen) atoms. The van der Waals surface area contributed by atoms with E-state index in [4.69, 9.17) is 27.0 Å². The Hall–Kier alpha value is -2.95. The Morgan fingerprint density at radius 3 is 1.19 bits per heavy atom. The van der Waals surface area contributed by atoms with Crippen molar-refractivity contribution in [3.8, 4) is 0 Å². The summed E-state index contributed by atoms with van der Waals surface area (Å²) in [6.45, 7) is -0.412. The topological polar surface area (TPSA) is 206 Å². The fraction of sp³-hybridized carbons (Fsp3) is 0.588. The molecule has 0 radical (unpaired) electrons. The number of esters is 2. The van der Waals surface area contributed by atoms with E-state index in [-0.39, 0.29) is 42.8 Å². The van der Waals surface area contributed by atoms with Crippen LogP contribution in [0.2, 0.25) is 0 Å². The van der Waals surface area contributed by atoms with Crippen molar-refractivity contribution >= 4 is 22.3 Å². The van der Waals surface area contributed by atoms with E-state index in [0.717, 1.165) is 36.8 Å². The van der Waals surface area contributed by atoms with Gasteiger partial charge in [-0.05, 0) is 76.6 Å². The molecule has 4 aliphatic heterocycles. The van der Waals surface area contributed by atoms with Crippen LogP contribution in [-0.2, 0) is 29.5 Å². The number of carbonyl (C=O) groups excluding carboxylic acids is 2. The number of rotatable bonds is 8. The second kappa shape index (κ2) is 18.2. The smallest absolute Gasteiger partial charge is 0.394 e. The van der Waals surface area contributed by atoms with Crippen LogP contribution < -0.4 is 0 Å². The molecule has 0 aromatic heterocycles. The molecule has 4 heterocycles. The molecule has 0 spiro atoms. The Kier molecular flexibility index (Phi) is 14.9. The summed E-state index contributed by atoms with van der Waals surface area (Å²) in [5, 5.41) is 19.1. The molecule has 4 fully saturated rings. The van der Waals surface area contributed by atoms with Crippen LogP contribution in [0.25, 0.3) is 0 Å². The fourth-order valence-electron chi connectivity index (χ4n) is 7.41. The molecule has 7 atom stereocenters. The highest BCUT2D eigenvalue weighted by Crippen LogP contribution is 2.37. The molecule has 0 aliphatic carbocycles. The van der Waals surface area contributed by atoms with Crippen molar-refractivity contribution in [2.75, 3.05) is 27.3 Å². The lowest BCUT2D eigenvalue weighted by Crippen LogP contribution is -2.43. The van der Waals surface area contributed by atoms with Gasteiger partial charge in [0.2, 0.25) is 0 Å². The summed E-state index contributed by atoms with van der Waals surface area (Å²) < 4.78 is 43.0. The maximum Gasteiger partial charge on any atom is 0.394 e. The summed E-state index contributed by atoms with van der Waals surface area (Å²) in [6, 6.07) is 20.9. The van der Waals surface area contributed by atoms with Crippen molar-refractivity contribution in [1.82, 2.24) is 9.80 Å². The van der Waals surface area contributed by atoms with Gasteiger partial charge in [-0.3, -0.25) is 18.7 Å². The second-order valence-electron chi connectivity index (χ2n) is 12.9. The minimum Gasteiger partial charge on any atom is -0.462 e. The highest BCUT2D eigenvalue weighted by molar-refractivity contribution is 7.79. The zero-order valence-electron chi connectivity index (χ0n) is 27.5. The number of hydrogen-bond donors (Lipinski definition) is 4. The molecule has 4 saturated heterocycles. The third-order valence-corrected chi connectivity index (χ3v) is 10.0. The zero-order valence-corrected chi connectivity index (χ0v) is 28.3. The largest absolute Gasteiger partial charge is 0.462 e. The Morgan fingerprint density at radius 1 is 0.667 bits per heavy atom. The van der Waals surface area contributed by atoms with Crippen molar-refractivity contribution in [3.63, 3.8) is 0 Å². The summed E-state index contributed by atoms with van der Waals surface area (Å²) in [7, 11) is -0.332. The van der Waals surface area contributed by atoms with Gasteiger partial charge in [0.05, 0.1) is 13.2 Å². The fourth-order valence-corrected chi connectivity index (χ4v) is 7.41. The van der Waals surface area contributed by atoms with Gasteiger partial charge in [0.1, 0.15) is 24.0 Å². The first-order chi connectivity index (χ1) is 22.4. The average Bonchev–Trinajstić information content (AvgIpc) is 3.34. The van der Waals surface area contributed by atoms with Crippen molar-refractivity contribution in [2.45, 2.75) is 99.6 Å². The van der Waals surface area contributed by atoms with Crippen LogP contribution in [0.3, 0.4) is 0 Å². The van der Waals surface area contributed by atoms with E-state index in [1.807, 2.05) is 60.7 Å². The molecular formula is C34H50N2O11S. The monoisotopic (exact) mass is 694 g/mol. The molecule has 0 saturated carbocycles. The van der Waals surface area contributed by atoms with Gasteiger partial charge in [-0.1, -0.05) is 60.7 Å². The van der Waals surface area contributed by atoms with Gasteiger partial charge in [-0.25, -0.2) is 0 Å². The summed E-state index contributed by atoms with van der Waals surface area (Å²) in [6.07, 6.45) is 8.52. The van der Waals surface area contributed by atoms with Crippen LogP contribution in [0.15, 0.2) is 60.7 Å². The molecule has 2 aromatic rings. The SMILES string of the molecule is CN1[C@@H]2CC[C@@H]1CC(OC(=O)C(CO)c1ccccc1)C2.CN1[C@@H]2CC[C@H]1CC(OC(=O)C(CO)c1ccccc1)C2.O.O=S(=O)(O)O. The van der Waals surface area contributed by atoms with Crippen molar-refractivity contribution in [1.29, 1.82) is 0 Å². The molecule has 13 nitrogen and oxygen atoms in total. The number of benzene rings is 2. The van der Waals surface area contributed by atoms with Crippen molar-refractivity contribution in [2.24, 2.45) is 0 Å². The van der Waals surface area contributed by atoms with Gasteiger partial charge >= 0.3 is 22.3 Å². The summed E-state index contributed by atoms with van der Waals surface area (Å²) >= 11 is 0. The molecule has 4 aliphatic rings. The van der Waals surface area contributed by atoms with Gasteiger partial charge < -0.3 is 35.0 Å². The normalized spacial score (nSPS) is 27.5. The molecule has 6 N–H and O–H groups in total. The van der Waals surface area contributed by atoms with Crippen LogP contribution in [0.5, 0.6) is 0 Å². The lowest BCUT2D eigenvalue weighted by molar-refractivity contribution is -0.156.